The molecule has 3 rings (SSSR count). The second-order valence-electron chi connectivity index (χ2n) is 6.16. The van der Waals surface area contributed by atoms with Gasteiger partial charge in [-0.3, -0.25) is 14.6 Å². The number of hydrogen-bond donors (Lipinski definition) is 2. The smallest absolute Gasteiger partial charge is 0.251 e. The van der Waals surface area contributed by atoms with Crippen molar-refractivity contribution in [3.8, 4) is 0 Å². The first-order chi connectivity index (χ1) is 11.6. The van der Waals surface area contributed by atoms with Crippen molar-refractivity contribution in [2.24, 2.45) is 5.92 Å². The van der Waals surface area contributed by atoms with Crippen molar-refractivity contribution in [3.63, 3.8) is 0 Å². The predicted octanol–water partition coefficient (Wildman–Crippen LogP) is 3.31. The van der Waals surface area contributed by atoms with Crippen molar-refractivity contribution >= 4 is 17.5 Å². The third-order valence-electron chi connectivity index (χ3n) is 4.38. The number of rotatable bonds is 5. The number of carbonyl (C=O) groups excluding carboxylic acids is 2. The van der Waals surface area contributed by atoms with Gasteiger partial charge < -0.3 is 10.6 Å². The first-order valence-corrected chi connectivity index (χ1v) is 8.23. The number of aromatic nitrogens is 1. The maximum absolute atomic E-state index is 12.6. The third kappa shape index (κ3) is 3.79. The van der Waals surface area contributed by atoms with Gasteiger partial charge in [0.05, 0.1) is 11.7 Å². The first-order valence-electron chi connectivity index (χ1n) is 8.23. The molecule has 1 unspecified atom stereocenters. The van der Waals surface area contributed by atoms with Crippen molar-refractivity contribution in [2.45, 2.75) is 32.2 Å². The second kappa shape index (κ2) is 7.25. The summed E-state index contributed by atoms with van der Waals surface area (Å²) in [5.74, 6) is 0.196. The molecule has 0 saturated heterocycles. The largest absolute Gasteiger partial charge is 0.343 e. The van der Waals surface area contributed by atoms with Gasteiger partial charge in [0.2, 0.25) is 5.91 Å². The van der Waals surface area contributed by atoms with Crippen LogP contribution in [0.5, 0.6) is 0 Å². The van der Waals surface area contributed by atoms with Gasteiger partial charge in [-0.25, -0.2) is 0 Å². The van der Waals surface area contributed by atoms with E-state index in [9.17, 15) is 9.59 Å². The molecule has 0 radical (unpaired) electrons. The molecule has 1 saturated carbocycles. The molecule has 1 atom stereocenters. The molecule has 1 aliphatic rings. The molecule has 0 bridgehead atoms. The summed E-state index contributed by atoms with van der Waals surface area (Å²) >= 11 is 0. The molecule has 2 aromatic rings. The number of amides is 2. The Balaban J connectivity index is 1.72. The average molecular weight is 323 g/mol. The molecule has 24 heavy (non-hydrogen) atoms. The van der Waals surface area contributed by atoms with Crippen LogP contribution in [0.3, 0.4) is 0 Å². The van der Waals surface area contributed by atoms with E-state index in [1.54, 1.807) is 30.5 Å². The lowest BCUT2D eigenvalue weighted by molar-refractivity contribution is -0.114. The molecule has 5 nitrogen and oxygen atoms in total. The van der Waals surface area contributed by atoms with E-state index in [0.29, 0.717) is 17.2 Å². The Hall–Kier alpha value is -2.69. The molecule has 1 aliphatic carbocycles. The zero-order valence-corrected chi connectivity index (χ0v) is 13.7. The SMILES string of the molecule is CC(=O)Nc1ccc(C(=O)NC(c2ccccn2)C2CCC2)cc1. The molecule has 2 amide bonds. The highest BCUT2D eigenvalue weighted by molar-refractivity contribution is 5.95. The number of anilines is 1. The Labute approximate surface area is 141 Å². The zero-order chi connectivity index (χ0) is 16.9. The quantitative estimate of drug-likeness (QED) is 0.887. The number of benzene rings is 1. The van der Waals surface area contributed by atoms with E-state index in [0.717, 1.165) is 18.5 Å². The molecule has 1 aromatic carbocycles. The Morgan fingerprint density at radius 2 is 1.88 bits per heavy atom. The number of hydrogen-bond acceptors (Lipinski definition) is 3. The van der Waals surface area contributed by atoms with Gasteiger partial charge in [0.25, 0.3) is 5.91 Å². The van der Waals surface area contributed by atoms with Crippen molar-refractivity contribution in [1.29, 1.82) is 0 Å². The maximum atomic E-state index is 12.6. The summed E-state index contributed by atoms with van der Waals surface area (Å²) in [6, 6.07) is 12.6. The summed E-state index contributed by atoms with van der Waals surface area (Å²) in [6.45, 7) is 1.46. The summed E-state index contributed by atoms with van der Waals surface area (Å²) in [6.07, 6.45) is 5.19. The van der Waals surface area contributed by atoms with Crippen LogP contribution in [-0.2, 0) is 4.79 Å². The molecule has 1 aromatic heterocycles. The van der Waals surface area contributed by atoms with E-state index in [4.69, 9.17) is 0 Å². The zero-order valence-electron chi connectivity index (χ0n) is 13.7. The number of nitrogens with one attached hydrogen (secondary N) is 2. The molecule has 1 heterocycles. The maximum Gasteiger partial charge on any atom is 0.251 e. The molecule has 0 spiro atoms. The number of pyridine rings is 1. The number of nitrogens with zero attached hydrogens (tertiary/aromatic N) is 1. The number of carbonyl (C=O) groups is 2. The molecule has 2 N–H and O–H groups in total. The fourth-order valence-corrected chi connectivity index (χ4v) is 2.90. The Morgan fingerprint density at radius 3 is 2.42 bits per heavy atom. The average Bonchev–Trinajstić information content (AvgIpc) is 2.53. The normalized spacial score (nSPS) is 15.2. The summed E-state index contributed by atoms with van der Waals surface area (Å²) in [4.78, 5) is 28.0. The highest BCUT2D eigenvalue weighted by Crippen LogP contribution is 2.37. The van der Waals surface area contributed by atoms with E-state index >= 15 is 0 Å². The Kier molecular flexibility index (Phi) is 4.89. The third-order valence-corrected chi connectivity index (χ3v) is 4.38. The van der Waals surface area contributed by atoms with Gasteiger partial charge in [-0.2, -0.15) is 0 Å². The standard InChI is InChI=1S/C19H21N3O2/c1-13(23)21-16-10-8-15(9-11-16)19(24)22-18(14-5-4-6-14)17-7-2-3-12-20-17/h2-3,7-12,14,18H,4-6H2,1H3,(H,21,23)(H,22,24). The second-order valence-corrected chi connectivity index (χ2v) is 6.16. The van der Waals surface area contributed by atoms with Crippen LogP contribution in [0, 0.1) is 5.92 Å². The van der Waals surface area contributed by atoms with Crippen molar-refractivity contribution in [3.05, 3.63) is 59.9 Å². The van der Waals surface area contributed by atoms with Crippen LogP contribution in [0.15, 0.2) is 48.7 Å². The van der Waals surface area contributed by atoms with Gasteiger partial charge in [-0.1, -0.05) is 12.5 Å². The fourth-order valence-electron chi connectivity index (χ4n) is 2.90. The predicted molar refractivity (Wildman–Crippen MR) is 92.5 cm³/mol. The minimum Gasteiger partial charge on any atom is -0.343 e. The van der Waals surface area contributed by atoms with Crippen LogP contribution in [0.4, 0.5) is 5.69 Å². The Morgan fingerprint density at radius 1 is 1.12 bits per heavy atom. The van der Waals surface area contributed by atoms with E-state index in [2.05, 4.69) is 15.6 Å². The van der Waals surface area contributed by atoms with Crippen LogP contribution >= 0.6 is 0 Å². The topological polar surface area (TPSA) is 71.1 Å². The van der Waals surface area contributed by atoms with Crippen LogP contribution < -0.4 is 10.6 Å². The lowest BCUT2D eigenvalue weighted by atomic mass is 9.78. The summed E-state index contributed by atoms with van der Waals surface area (Å²) in [5, 5.41) is 5.82. The molecular formula is C19H21N3O2. The van der Waals surface area contributed by atoms with E-state index in [-0.39, 0.29) is 17.9 Å². The van der Waals surface area contributed by atoms with Crippen LogP contribution in [-0.4, -0.2) is 16.8 Å². The Bertz CT molecular complexity index is 709. The van der Waals surface area contributed by atoms with Gasteiger partial charge in [0, 0.05) is 24.4 Å². The van der Waals surface area contributed by atoms with Gasteiger partial charge in [0.1, 0.15) is 0 Å². The van der Waals surface area contributed by atoms with Crippen molar-refractivity contribution < 1.29 is 9.59 Å². The lowest BCUT2D eigenvalue weighted by Gasteiger charge is -2.34. The molecule has 0 aliphatic heterocycles. The van der Waals surface area contributed by atoms with Crippen LogP contribution in [0.1, 0.15) is 48.3 Å². The van der Waals surface area contributed by atoms with E-state index < -0.39 is 0 Å². The minimum absolute atomic E-state index is 0.0533. The highest BCUT2D eigenvalue weighted by atomic mass is 16.2. The summed E-state index contributed by atoms with van der Waals surface area (Å²) in [7, 11) is 0. The highest BCUT2D eigenvalue weighted by Gasteiger charge is 2.30. The first kappa shape index (κ1) is 16.2. The molecular weight excluding hydrogens is 302 g/mol. The summed E-state index contributed by atoms with van der Waals surface area (Å²) < 4.78 is 0. The lowest BCUT2D eigenvalue weighted by Crippen LogP contribution is -2.36. The molecule has 5 heteroatoms. The minimum atomic E-state index is -0.132. The van der Waals surface area contributed by atoms with E-state index in [1.165, 1.54) is 13.3 Å². The van der Waals surface area contributed by atoms with Gasteiger partial charge in [-0.15, -0.1) is 0 Å². The molecule has 1 fully saturated rings. The van der Waals surface area contributed by atoms with Crippen molar-refractivity contribution in [2.75, 3.05) is 5.32 Å². The van der Waals surface area contributed by atoms with Crippen molar-refractivity contribution in [1.82, 2.24) is 10.3 Å². The summed E-state index contributed by atoms with van der Waals surface area (Å²) in [5.41, 5.74) is 2.16. The van der Waals surface area contributed by atoms with Gasteiger partial charge >= 0.3 is 0 Å². The monoisotopic (exact) mass is 323 g/mol. The van der Waals surface area contributed by atoms with Gasteiger partial charge in [-0.05, 0) is 55.2 Å². The van der Waals surface area contributed by atoms with E-state index in [1.807, 2.05) is 18.2 Å². The molecule has 124 valence electrons. The van der Waals surface area contributed by atoms with Crippen LogP contribution in [0.25, 0.3) is 0 Å². The fraction of sp³-hybridized carbons (Fsp3) is 0.316. The van der Waals surface area contributed by atoms with Crippen LogP contribution in [0.2, 0.25) is 0 Å². The van der Waals surface area contributed by atoms with Gasteiger partial charge in [0.15, 0.2) is 0 Å².